The molecule has 0 amide bonds. The number of nitrogens with zero attached hydrogens (tertiary/aromatic N) is 4. The van der Waals surface area contributed by atoms with Gasteiger partial charge in [-0.3, -0.25) is 0 Å². The van der Waals surface area contributed by atoms with Crippen molar-refractivity contribution >= 4 is 0 Å². The van der Waals surface area contributed by atoms with E-state index in [9.17, 15) is 0 Å². The van der Waals surface area contributed by atoms with E-state index >= 15 is 0 Å². The molecule has 0 saturated carbocycles. The number of ether oxygens (including phenoxy) is 1. The van der Waals surface area contributed by atoms with Crippen LogP contribution >= 0.6 is 0 Å². The molecule has 1 atom stereocenters. The Hall–Kier alpha value is -1.01. The lowest BCUT2D eigenvalue weighted by Crippen LogP contribution is -2.26. The van der Waals surface area contributed by atoms with Crippen LogP contribution < -0.4 is 5.32 Å². The van der Waals surface area contributed by atoms with E-state index in [-0.39, 0.29) is 6.10 Å². The molecule has 6 nitrogen and oxygen atoms in total. The Morgan fingerprint density at radius 2 is 2.44 bits per heavy atom. The second kappa shape index (κ2) is 5.36. The minimum Gasteiger partial charge on any atom is -0.376 e. The maximum absolute atomic E-state index is 5.57. The predicted molar refractivity (Wildman–Crippen MR) is 58.8 cm³/mol. The van der Waals surface area contributed by atoms with Crippen LogP contribution in [-0.4, -0.2) is 39.0 Å². The standard InChI is InChI=1S/C10H19N5O/c1-8(2)11-6-10-12-13-14-15(10)7-9-4-3-5-16-9/h8-9,11H,3-7H2,1-2H3. The maximum Gasteiger partial charge on any atom is 0.165 e. The fourth-order valence-electron chi connectivity index (χ4n) is 1.77. The highest BCUT2D eigenvalue weighted by Crippen LogP contribution is 2.13. The van der Waals surface area contributed by atoms with Crippen molar-refractivity contribution in [3.63, 3.8) is 0 Å². The number of aromatic nitrogens is 4. The third kappa shape index (κ3) is 2.99. The highest BCUT2D eigenvalue weighted by atomic mass is 16.5. The minimum absolute atomic E-state index is 0.279. The Kier molecular flexibility index (Phi) is 3.84. The summed E-state index contributed by atoms with van der Waals surface area (Å²) < 4.78 is 7.41. The van der Waals surface area contributed by atoms with Gasteiger partial charge in [-0.15, -0.1) is 5.10 Å². The average molecular weight is 225 g/mol. The molecule has 1 N–H and O–H groups in total. The van der Waals surface area contributed by atoms with Gasteiger partial charge in [0.05, 0.1) is 19.2 Å². The second-order valence-corrected chi connectivity index (χ2v) is 4.45. The van der Waals surface area contributed by atoms with Crippen molar-refractivity contribution in [2.75, 3.05) is 6.61 Å². The van der Waals surface area contributed by atoms with E-state index in [0.29, 0.717) is 12.6 Å². The Morgan fingerprint density at radius 3 is 3.12 bits per heavy atom. The summed E-state index contributed by atoms with van der Waals surface area (Å²) in [5.41, 5.74) is 0. The zero-order valence-corrected chi connectivity index (χ0v) is 9.89. The van der Waals surface area contributed by atoms with Crippen molar-refractivity contribution < 1.29 is 4.74 Å². The van der Waals surface area contributed by atoms with Crippen LogP contribution in [0.1, 0.15) is 32.5 Å². The first-order valence-electron chi connectivity index (χ1n) is 5.85. The van der Waals surface area contributed by atoms with Gasteiger partial charge in [-0.05, 0) is 23.3 Å². The average Bonchev–Trinajstić information content (AvgIpc) is 2.87. The van der Waals surface area contributed by atoms with Crippen molar-refractivity contribution in [1.82, 2.24) is 25.5 Å². The van der Waals surface area contributed by atoms with E-state index < -0.39 is 0 Å². The van der Waals surface area contributed by atoms with Crippen LogP contribution in [0.15, 0.2) is 0 Å². The Labute approximate surface area is 95.4 Å². The van der Waals surface area contributed by atoms with Crippen LogP contribution in [-0.2, 0) is 17.8 Å². The molecule has 1 aromatic heterocycles. The predicted octanol–water partition coefficient (Wildman–Crippen LogP) is 0.350. The number of tetrazole rings is 1. The summed E-state index contributed by atoms with van der Waals surface area (Å²) in [6.45, 7) is 6.55. The van der Waals surface area contributed by atoms with E-state index in [4.69, 9.17) is 4.74 Å². The van der Waals surface area contributed by atoms with Crippen molar-refractivity contribution in [2.24, 2.45) is 0 Å². The smallest absolute Gasteiger partial charge is 0.165 e. The van der Waals surface area contributed by atoms with Gasteiger partial charge in [0.15, 0.2) is 5.82 Å². The van der Waals surface area contributed by atoms with Crippen LogP contribution in [0.25, 0.3) is 0 Å². The molecule has 1 fully saturated rings. The van der Waals surface area contributed by atoms with Gasteiger partial charge in [0.1, 0.15) is 0 Å². The van der Waals surface area contributed by atoms with Gasteiger partial charge in [0.2, 0.25) is 0 Å². The number of nitrogens with one attached hydrogen (secondary N) is 1. The number of rotatable bonds is 5. The maximum atomic E-state index is 5.57. The molecular weight excluding hydrogens is 206 g/mol. The summed E-state index contributed by atoms with van der Waals surface area (Å²) in [5.74, 6) is 0.879. The van der Waals surface area contributed by atoms with E-state index in [2.05, 4.69) is 34.7 Å². The molecule has 90 valence electrons. The van der Waals surface area contributed by atoms with Crippen molar-refractivity contribution in [1.29, 1.82) is 0 Å². The second-order valence-electron chi connectivity index (χ2n) is 4.45. The molecule has 2 rings (SSSR count). The first-order valence-corrected chi connectivity index (χ1v) is 5.85. The van der Waals surface area contributed by atoms with Gasteiger partial charge in [-0.2, -0.15) is 0 Å². The SMILES string of the molecule is CC(C)NCc1nnnn1CC1CCCO1. The molecule has 1 unspecified atom stereocenters. The van der Waals surface area contributed by atoms with E-state index in [1.165, 1.54) is 0 Å². The van der Waals surface area contributed by atoms with Crippen LogP contribution in [0, 0.1) is 0 Å². The number of hydrogen-bond donors (Lipinski definition) is 1. The Balaban J connectivity index is 1.90. The summed E-state index contributed by atoms with van der Waals surface area (Å²) >= 11 is 0. The van der Waals surface area contributed by atoms with E-state index in [1.807, 2.05) is 4.68 Å². The van der Waals surface area contributed by atoms with Crippen molar-refractivity contribution in [2.45, 2.75) is 51.9 Å². The molecule has 0 aromatic carbocycles. The van der Waals surface area contributed by atoms with Gasteiger partial charge in [-0.25, -0.2) is 4.68 Å². The molecule has 2 heterocycles. The van der Waals surface area contributed by atoms with Crippen LogP contribution in [0.5, 0.6) is 0 Å². The Morgan fingerprint density at radius 1 is 1.56 bits per heavy atom. The van der Waals surface area contributed by atoms with E-state index in [1.54, 1.807) is 0 Å². The fourth-order valence-corrected chi connectivity index (χ4v) is 1.77. The largest absolute Gasteiger partial charge is 0.376 e. The summed E-state index contributed by atoms with van der Waals surface area (Å²) in [6, 6.07) is 0.438. The molecular formula is C10H19N5O. The Bertz CT molecular complexity index is 319. The molecule has 0 spiro atoms. The quantitative estimate of drug-likeness (QED) is 0.783. The first kappa shape index (κ1) is 11.5. The van der Waals surface area contributed by atoms with Crippen molar-refractivity contribution in [3.8, 4) is 0 Å². The van der Waals surface area contributed by atoms with Gasteiger partial charge < -0.3 is 10.1 Å². The third-order valence-electron chi connectivity index (χ3n) is 2.68. The van der Waals surface area contributed by atoms with Crippen LogP contribution in [0.4, 0.5) is 0 Å². The molecule has 16 heavy (non-hydrogen) atoms. The molecule has 1 aromatic rings. The molecule has 1 saturated heterocycles. The molecule has 0 aliphatic carbocycles. The summed E-state index contributed by atoms with van der Waals surface area (Å²) in [5, 5.41) is 15.0. The summed E-state index contributed by atoms with van der Waals surface area (Å²) in [6.07, 6.45) is 2.53. The molecule has 1 aliphatic heterocycles. The van der Waals surface area contributed by atoms with Gasteiger partial charge in [0, 0.05) is 12.6 Å². The lowest BCUT2D eigenvalue weighted by atomic mass is 10.2. The first-order chi connectivity index (χ1) is 7.75. The van der Waals surface area contributed by atoms with Crippen molar-refractivity contribution in [3.05, 3.63) is 5.82 Å². The zero-order chi connectivity index (χ0) is 11.4. The molecule has 1 aliphatic rings. The molecule has 0 radical (unpaired) electrons. The van der Waals surface area contributed by atoms with E-state index in [0.717, 1.165) is 31.8 Å². The molecule has 6 heteroatoms. The van der Waals surface area contributed by atoms with Gasteiger partial charge in [-0.1, -0.05) is 13.8 Å². The highest BCUT2D eigenvalue weighted by Gasteiger charge is 2.18. The lowest BCUT2D eigenvalue weighted by molar-refractivity contribution is 0.0925. The van der Waals surface area contributed by atoms with Crippen LogP contribution in [0.2, 0.25) is 0 Å². The van der Waals surface area contributed by atoms with Gasteiger partial charge in [0.25, 0.3) is 0 Å². The lowest BCUT2D eigenvalue weighted by Gasteiger charge is -2.11. The van der Waals surface area contributed by atoms with Crippen LogP contribution in [0.3, 0.4) is 0 Å². The number of hydrogen-bond acceptors (Lipinski definition) is 5. The highest BCUT2D eigenvalue weighted by molar-refractivity contribution is 4.82. The summed E-state index contributed by atoms with van der Waals surface area (Å²) in [4.78, 5) is 0. The topological polar surface area (TPSA) is 64.9 Å². The minimum atomic E-state index is 0.279. The molecule has 0 bridgehead atoms. The fraction of sp³-hybridized carbons (Fsp3) is 0.900. The third-order valence-corrected chi connectivity index (χ3v) is 2.68. The summed E-state index contributed by atoms with van der Waals surface area (Å²) in [7, 11) is 0. The normalized spacial score (nSPS) is 20.8. The zero-order valence-electron chi connectivity index (χ0n) is 9.89. The van der Waals surface area contributed by atoms with Gasteiger partial charge >= 0.3 is 0 Å². The monoisotopic (exact) mass is 225 g/mol.